The quantitative estimate of drug-likeness (QED) is 0.344. The zero-order valence-corrected chi connectivity index (χ0v) is 17.2. The summed E-state index contributed by atoms with van der Waals surface area (Å²) in [4.78, 5) is 26.7. The van der Waals surface area contributed by atoms with E-state index in [4.69, 9.17) is 16.0 Å². The monoisotopic (exact) mass is 429 g/mol. The summed E-state index contributed by atoms with van der Waals surface area (Å²) >= 11 is 9.00. The highest BCUT2D eigenvalue weighted by Gasteiger charge is 2.20. The van der Waals surface area contributed by atoms with E-state index >= 15 is 0 Å². The molecule has 3 heterocycles. The van der Waals surface area contributed by atoms with Gasteiger partial charge in [-0.15, -0.1) is 11.3 Å². The summed E-state index contributed by atoms with van der Waals surface area (Å²) in [5.74, 6) is 1.77. The molecule has 1 N–H and O–H groups in total. The lowest BCUT2D eigenvalue weighted by Crippen LogP contribution is -2.10. The highest BCUT2D eigenvalue weighted by atomic mass is 35.5. The van der Waals surface area contributed by atoms with Crippen molar-refractivity contribution in [1.82, 2.24) is 15.0 Å². The number of hydrogen-bond acceptors (Lipinski definition) is 6. The summed E-state index contributed by atoms with van der Waals surface area (Å²) < 4.78 is 5.82. The molecule has 28 heavy (non-hydrogen) atoms. The molecule has 0 radical (unpaired) electrons. The number of fused-ring (bicyclic) bond motifs is 3. The number of halogens is 1. The summed E-state index contributed by atoms with van der Waals surface area (Å²) in [6, 6.07) is 7.42. The van der Waals surface area contributed by atoms with E-state index in [0.717, 1.165) is 35.0 Å². The first kappa shape index (κ1) is 18.0. The van der Waals surface area contributed by atoms with Crippen LogP contribution in [0.4, 0.5) is 0 Å². The predicted molar refractivity (Wildman–Crippen MR) is 113 cm³/mol. The summed E-state index contributed by atoms with van der Waals surface area (Å²) in [6.07, 6.45) is 6.08. The first-order valence-electron chi connectivity index (χ1n) is 9.05. The fraction of sp³-hybridized carbons (Fsp3) is 0.250. The van der Waals surface area contributed by atoms with Crippen LogP contribution in [0.1, 0.15) is 29.2 Å². The highest BCUT2D eigenvalue weighted by Crippen LogP contribution is 2.34. The van der Waals surface area contributed by atoms with Crippen molar-refractivity contribution in [2.75, 3.05) is 0 Å². The van der Waals surface area contributed by atoms with Crippen molar-refractivity contribution in [3.63, 3.8) is 0 Å². The minimum absolute atomic E-state index is 0.0406. The maximum Gasteiger partial charge on any atom is 0.260 e. The van der Waals surface area contributed by atoms with E-state index in [-0.39, 0.29) is 5.56 Å². The molecule has 0 fully saturated rings. The van der Waals surface area contributed by atoms with Crippen LogP contribution in [0.15, 0.2) is 44.8 Å². The Morgan fingerprint density at radius 3 is 2.89 bits per heavy atom. The van der Waals surface area contributed by atoms with Gasteiger partial charge in [0.05, 0.1) is 17.3 Å². The molecule has 0 saturated carbocycles. The second-order valence-corrected chi connectivity index (χ2v) is 9.16. The molecule has 0 saturated heterocycles. The number of aromatic amines is 1. The minimum Gasteiger partial charge on any atom is -0.440 e. The molecule has 0 bridgehead atoms. The smallest absolute Gasteiger partial charge is 0.260 e. The molecular formula is C20H16ClN3O2S2. The lowest BCUT2D eigenvalue weighted by molar-refractivity contribution is 0.530. The topological polar surface area (TPSA) is 71.8 Å². The molecule has 8 heteroatoms. The van der Waals surface area contributed by atoms with Gasteiger partial charge in [0.2, 0.25) is 5.89 Å². The standard InChI is InChI=1S/C20H16ClN3O2S2/c21-12-7-5-11(6-8-12)14-9-22-16(26-14)10-27-20-23-18(25)17-13-3-1-2-4-15(13)28-19(17)24-20/h5-9H,1-4,10H2,(H,23,24,25). The molecule has 0 unspecified atom stereocenters. The summed E-state index contributed by atoms with van der Waals surface area (Å²) in [5, 5.41) is 2.06. The van der Waals surface area contributed by atoms with Crippen molar-refractivity contribution < 1.29 is 4.42 Å². The lowest BCUT2D eigenvalue weighted by Gasteiger charge is -2.09. The third-order valence-electron chi connectivity index (χ3n) is 4.82. The molecule has 0 aliphatic heterocycles. The fourth-order valence-corrected chi connectivity index (χ4v) is 5.63. The van der Waals surface area contributed by atoms with Crippen LogP contribution in [-0.2, 0) is 18.6 Å². The molecule has 1 aliphatic carbocycles. The van der Waals surface area contributed by atoms with Crippen LogP contribution in [0.25, 0.3) is 21.5 Å². The Kier molecular flexibility index (Phi) is 4.74. The number of H-pyrrole nitrogens is 1. The van der Waals surface area contributed by atoms with Gasteiger partial charge in [0, 0.05) is 15.5 Å². The van der Waals surface area contributed by atoms with Gasteiger partial charge in [-0.2, -0.15) is 0 Å². The van der Waals surface area contributed by atoms with Crippen molar-refractivity contribution in [2.45, 2.75) is 36.6 Å². The Hall–Kier alpha value is -2.09. The average Bonchev–Trinajstić information content (AvgIpc) is 3.31. The Bertz CT molecular complexity index is 1210. The van der Waals surface area contributed by atoms with Gasteiger partial charge < -0.3 is 9.40 Å². The van der Waals surface area contributed by atoms with E-state index in [2.05, 4.69) is 15.0 Å². The number of nitrogens with one attached hydrogen (secondary N) is 1. The Morgan fingerprint density at radius 2 is 2.04 bits per heavy atom. The molecule has 5 rings (SSSR count). The van der Waals surface area contributed by atoms with E-state index < -0.39 is 0 Å². The zero-order chi connectivity index (χ0) is 19.1. The number of benzene rings is 1. The van der Waals surface area contributed by atoms with Crippen LogP contribution in [0.2, 0.25) is 5.02 Å². The van der Waals surface area contributed by atoms with E-state index in [1.807, 2.05) is 24.3 Å². The minimum atomic E-state index is -0.0406. The SMILES string of the molecule is O=c1[nH]c(SCc2ncc(-c3ccc(Cl)cc3)o2)nc2sc3c(c12)CCCC3. The van der Waals surface area contributed by atoms with Gasteiger partial charge >= 0.3 is 0 Å². The second kappa shape index (κ2) is 7.39. The number of thioether (sulfide) groups is 1. The van der Waals surface area contributed by atoms with Crippen LogP contribution >= 0.6 is 34.7 Å². The van der Waals surface area contributed by atoms with Crippen molar-refractivity contribution in [3.8, 4) is 11.3 Å². The van der Waals surface area contributed by atoms with Gasteiger partial charge in [0.15, 0.2) is 10.9 Å². The molecule has 0 spiro atoms. The molecule has 4 aromatic rings. The van der Waals surface area contributed by atoms with E-state index in [1.54, 1.807) is 17.5 Å². The Balaban J connectivity index is 1.36. The average molecular weight is 430 g/mol. The Morgan fingerprint density at radius 1 is 1.21 bits per heavy atom. The molecule has 0 amide bonds. The largest absolute Gasteiger partial charge is 0.440 e. The number of hydrogen-bond donors (Lipinski definition) is 1. The van der Waals surface area contributed by atoms with Crippen LogP contribution in [0, 0.1) is 0 Å². The molecule has 3 aromatic heterocycles. The third kappa shape index (κ3) is 3.38. The first-order valence-corrected chi connectivity index (χ1v) is 11.2. The van der Waals surface area contributed by atoms with Crippen molar-refractivity contribution in [1.29, 1.82) is 0 Å². The van der Waals surface area contributed by atoms with Gasteiger partial charge in [-0.05, 0) is 55.5 Å². The summed E-state index contributed by atoms with van der Waals surface area (Å²) in [7, 11) is 0. The first-order chi connectivity index (χ1) is 13.7. The maximum absolute atomic E-state index is 12.6. The summed E-state index contributed by atoms with van der Waals surface area (Å²) in [5.41, 5.74) is 2.09. The zero-order valence-electron chi connectivity index (χ0n) is 14.8. The van der Waals surface area contributed by atoms with E-state index in [1.165, 1.54) is 28.6 Å². The number of nitrogens with zero attached hydrogens (tertiary/aromatic N) is 2. The number of rotatable bonds is 4. The number of thiophene rings is 1. The van der Waals surface area contributed by atoms with Gasteiger partial charge in [-0.25, -0.2) is 9.97 Å². The van der Waals surface area contributed by atoms with Gasteiger partial charge in [-0.3, -0.25) is 4.79 Å². The molecule has 142 valence electrons. The molecule has 0 atom stereocenters. The number of aromatic nitrogens is 3. The van der Waals surface area contributed by atoms with Crippen LogP contribution in [0.3, 0.4) is 0 Å². The summed E-state index contributed by atoms with van der Waals surface area (Å²) in [6.45, 7) is 0. The number of aryl methyl sites for hydroxylation is 2. The predicted octanol–water partition coefficient (Wildman–Crippen LogP) is 5.46. The van der Waals surface area contributed by atoms with Gasteiger partial charge in [0.1, 0.15) is 4.83 Å². The van der Waals surface area contributed by atoms with E-state index in [9.17, 15) is 4.79 Å². The van der Waals surface area contributed by atoms with Gasteiger partial charge in [0.25, 0.3) is 5.56 Å². The van der Waals surface area contributed by atoms with Crippen molar-refractivity contribution >= 4 is 44.9 Å². The van der Waals surface area contributed by atoms with Crippen LogP contribution < -0.4 is 5.56 Å². The molecule has 1 aliphatic rings. The Labute approximate surface area is 174 Å². The third-order valence-corrected chi connectivity index (χ3v) is 7.11. The fourth-order valence-electron chi connectivity index (χ4n) is 3.47. The van der Waals surface area contributed by atoms with Crippen molar-refractivity contribution in [2.24, 2.45) is 0 Å². The van der Waals surface area contributed by atoms with E-state index in [0.29, 0.717) is 27.6 Å². The van der Waals surface area contributed by atoms with Crippen LogP contribution in [-0.4, -0.2) is 15.0 Å². The van der Waals surface area contributed by atoms with Crippen LogP contribution in [0.5, 0.6) is 0 Å². The van der Waals surface area contributed by atoms with Gasteiger partial charge in [-0.1, -0.05) is 23.4 Å². The lowest BCUT2D eigenvalue weighted by atomic mass is 9.97. The molecule has 1 aromatic carbocycles. The highest BCUT2D eigenvalue weighted by molar-refractivity contribution is 7.98. The normalized spacial score (nSPS) is 13.8. The molecular weight excluding hydrogens is 414 g/mol. The second-order valence-electron chi connectivity index (χ2n) is 6.68. The van der Waals surface area contributed by atoms with Crippen molar-refractivity contribution in [3.05, 3.63) is 62.2 Å². The maximum atomic E-state index is 12.6. The molecule has 5 nitrogen and oxygen atoms in total. The number of oxazole rings is 1.